The first-order valence-electron chi connectivity index (χ1n) is 4.35. The molecule has 7 heteroatoms. The molecule has 2 N–H and O–H groups in total. The number of fused-ring (bicyclic) bond motifs is 1. The maximum atomic E-state index is 13.9. The van der Waals surface area contributed by atoms with Crippen LogP contribution in [0.15, 0.2) is 0 Å². The highest BCUT2D eigenvalue weighted by Crippen LogP contribution is 2.44. The Morgan fingerprint density at radius 3 is 2.94 bits per heavy atom. The van der Waals surface area contributed by atoms with Crippen molar-refractivity contribution in [1.29, 1.82) is 0 Å². The van der Waals surface area contributed by atoms with Crippen molar-refractivity contribution in [2.45, 2.75) is 12.3 Å². The van der Waals surface area contributed by atoms with Gasteiger partial charge in [-0.2, -0.15) is 0 Å². The van der Waals surface area contributed by atoms with Gasteiger partial charge in [-0.25, -0.2) is 9.37 Å². The van der Waals surface area contributed by atoms with E-state index in [9.17, 15) is 9.18 Å². The molecule has 1 unspecified atom stereocenters. The van der Waals surface area contributed by atoms with Gasteiger partial charge in [0, 0.05) is 0 Å². The van der Waals surface area contributed by atoms with Gasteiger partial charge < -0.3 is 10.5 Å². The van der Waals surface area contributed by atoms with E-state index in [1.54, 1.807) is 22.6 Å². The molecule has 1 aromatic heterocycles. The number of primary amides is 1. The fourth-order valence-corrected chi connectivity index (χ4v) is 2.49. The lowest BCUT2D eigenvalue weighted by Gasteiger charge is -2.18. The van der Waals surface area contributed by atoms with Crippen LogP contribution in [0.5, 0.6) is 5.75 Å². The number of aromatic nitrogens is 1. The molecule has 1 atom stereocenters. The molecule has 0 bridgehead atoms. The molecule has 0 fully saturated rings. The first kappa shape index (κ1) is 11.8. The highest BCUT2D eigenvalue weighted by Gasteiger charge is 2.46. The van der Waals surface area contributed by atoms with E-state index in [-0.39, 0.29) is 26.8 Å². The lowest BCUT2D eigenvalue weighted by atomic mass is 9.84. The summed E-state index contributed by atoms with van der Waals surface area (Å²) in [5.41, 5.74) is 4.18. The Labute approximate surface area is 109 Å². The Hall–Kier alpha value is -0.630. The van der Waals surface area contributed by atoms with Crippen molar-refractivity contribution >= 4 is 40.1 Å². The number of pyridine rings is 1. The Bertz CT molecular complexity index is 497. The Morgan fingerprint density at radius 2 is 2.38 bits per heavy atom. The van der Waals surface area contributed by atoms with E-state index in [0.29, 0.717) is 0 Å². The molecule has 1 aromatic rings. The zero-order valence-electron chi connectivity index (χ0n) is 8.18. The molecule has 2 heterocycles. The van der Waals surface area contributed by atoms with Gasteiger partial charge in [-0.05, 0) is 29.5 Å². The van der Waals surface area contributed by atoms with Crippen LogP contribution in [0.3, 0.4) is 0 Å². The van der Waals surface area contributed by atoms with Crippen molar-refractivity contribution in [3.05, 3.63) is 20.2 Å². The molecule has 1 amide bonds. The quantitative estimate of drug-likeness (QED) is 0.614. The SMILES string of the molecule is CC1(C(N)=O)COc2c(Cl)nc(I)c(F)c21. The van der Waals surface area contributed by atoms with Crippen molar-refractivity contribution in [1.82, 2.24) is 4.98 Å². The van der Waals surface area contributed by atoms with Gasteiger partial charge in [0.2, 0.25) is 5.91 Å². The van der Waals surface area contributed by atoms with Gasteiger partial charge >= 0.3 is 0 Å². The molecule has 0 aliphatic carbocycles. The summed E-state index contributed by atoms with van der Waals surface area (Å²) in [4.78, 5) is 15.1. The minimum Gasteiger partial charge on any atom is -0.488 e. The van der Waals surface area contributed by atoms with Crippen LogP contribution in [0.1, 0.15) is 12.5 Å². The second-order valence-corrected chi connectivity index (χ2v) is 5.08. The minimum absolute atomic E-state index is 0.0178. The number of rotatable bonds is 1. The molecule has 1 aliphatic heterocycles. The van der Waals surface area contributed by atoms with Gasteiger partial charge in [0.05, 0.1) is 5.56 Å². The number of ether oxygens (including phenoxy) is 1. The lowest BCUT2D eigenvalue weighted by Crippen LogP contribution is -2.40. The average Bonchev–Trinajstić information content (AvgIpc) is 2.55. The summed E-state index contributed by atoms with van der Waals surface area (Å²) < 4.78 is 19.2. The Balaban J connectivity index is 2.76. The first-order chi connectivity index (χ1) is 7.38. The fourth-order valence-electron chi connectivity index (χ4n) is 1.60. The maximum Gasteiger partial charge on any atom is 0.231 e. The molecule has 0 radical (unpaired) electrons. The molecule has 1 aliphatic rings. The third kappa shape index (κ3) is 1.46. The van der Waals surface area contributed by atoms with Crippen LogP contribution in [0.25, 0.3) is 0 Å². The van der Waals surface area contributed by atoms with Gasteiger partial charge in [0.15, 0.2) is 16.7 Å². The number of hydrogen-bond acceptors (Lipinski definition) is 3. The zero-order chi connectivity index (χ0) is 12.1. The maximum absolute atomic E-state index is 13.9. The van der Waals surface area contributed by atoms with Crippen LogP contribution in [0.4, 0.5) is 4.39 Å². The summed E-state index contributed by atoms with van der Waals surface area (Å²) in [5, 5.41) is 0.0470. The van der Waals surface area contributed by atoms with Crippen LogP contribution in [-0.2, 0) is 10.2 Å². The van der Waals surface area contributed by atoms with E-state index in [0.717, 1.165) is 0 Å². The average molecular weight is 357 g/mol. The Kier molecular flexibility index (Phi) is 2.73. The number of hydrogen-bond donors (Lipinski definition) is 1. The van der Waals surface area contributed by atoms with E-state index in [4.69, 9.17) is 22.1 Å². The van der Waals surface area contributed by atoms with Gasteiger partial charge in [-0.15, -0.1) is 0 Å². The standard InChI is InChI=1S/C9H7ClFIN2O2/c1-9(8(13)15)2-16-5-3(9)4(11)7(12)14-6(5)10/h2H2,1H3,(H2,13,15). The lowest BCUT2D eigenvalue weighted by molar-refractivity contribution is -0.123. The summed E-state index contributed by atoms with van der Waals surface area (Å²) in [6.45, 7) is 1.51. The van der Waals surface area contributed by atoms with E-state index in [1.807, 2.05) is 0 Å². The molecule has 0 saturated carbocycles. The number of carbonyl (C=O) groups excluding carboxylic acids is 1. The molecule has 0 spiro atoms. The summed E-state index contributed by atoms with van der Waals surface area (Å²) in [6.07, 6.45) is 0. The summed E-state index contributed by atoms with van der Waals surface area (Å²) in [7, 11) is 0. The third-order valence-corrected chi connectivity index (χ3v) is 3.58. The predicted octanol–water partition coefficient (Wildman–Crippen LogP) is 1.61. The number of carbonyl (C=O) groups is 1. The van der Waals surface area contributed by atoms with Crippen LogP contribution >= 0.6 is 34.2 Å². The Morgan fingerprint density at radius 1 is 1.75 bits per heavy atom. The van der Waals surface area contributed by atoms with Gasteiger partial charge in [0.25, 0.3) is 0 Å². The molecule has 0 aromatic carbocycles. The van der Waals surface area contributed by atoms with Gasteiger partial charge in [0.1, 0.15) is 15.7 Å². The normalized spacial score (nSPS) is 22.8. The molecular formula is C9H7ClFIN2O2. The minimum atomic E-state index is -1.19. The molecule has 0 saturated heterocycles. The second kappa shape index (κ2) is 3.69. The van der Waals surface area contributed by atoms with Crippen molar-refractivity contribution in [2.75, 3.05) is 6.61 Å². The fraction of sp³-hybridized carbons (Fsp3) is 0.333. The van der Waals surface area contributed by atoms with Crippen LogP contribution in [0.2, 0.25) is 5.15 Å². The number of halogens is 3. The largest absolute Gasteiger partial charge is 0.488 e. The van der Waals surface area contributed by atoms with Crippen molar-refractivity contribution in [3.63, 3.8) is 0 Å². The molecule has 86 valence electrons. The number of amides is 1. The first-order valence-corrected chi connectivity index (χ1v) is 5.81. The van der Waals surface area contributed by atoms with Crippen molar-refractivity contribution in [2.24, 2.45) is 5.73 Å². The third-order valence-electron chi connectivity index (χ3n) is 2.61. The van der Waals surface area contributed by atoms with Crippen molar-refractivity contribution in [3.8, 4) is 5.75 Å². The van der Waals surface area contributed by atoms with E-state index in [2.05, 4.69) is 4.98 Å². The van der Waals surface area contributed by atoms with E-state index in [1.165, 1.54) is 6.92 Å². The summed E-state index contributed by atoms with van der Waals surface area (Å²) >= 11 is 7.52. The van der Waals surface area contributed by atoms with Crippen LogP contribution in [0, 0.1) is 9.52 Å². The molecule has 4 nitrogen and oxygen atoms in total. The van der Waals surface area contributed by atoms with Crippen LogP contribution in [-0.4, -0.2) is 17.5 Å². The van der Waals surface area contributed by atoms with Crippen LogP contribution < -0.4 is 10.5 Å². The number of nitrogens with two attached hydrogens (primary N) is 1. The smallest absolute Gasteiger partial charge is 0.231 e. The zero-order valence-corrected chi connectivity index (χ0v) is 11.1. The predicted molar refractivity (Wildman–Crippen MR) is 64.0 cm³/mol. The number of nitrogens with zero attached hydrogens (tertiary/aromatic N) is 1. The van der Waals surface area contributed by atoms with E-state index < -0.39 is 17.1 Å². The molecule has 2 rings (SSSR count). The topological polar surface area (TPSA) is 65.2 Å². The highest BCUT2D eigenvalue weighted by molar-refractivity contribution is 14.1. The van der Waals surface area contributed by atoms with Gasteiger partial charge in [-0.1, -0.05) is 11.6 Å². The molecule has 16 heavy (non-hydrogen) atoms. The highest BCUT2D eigenvalue weighted by atomic mass is 127. The van der Waals surface area contributed by atoms with Gasteiger partial charge in [-0.3, -0.25) is 4.79 Å². The summed E-state index contributed by atoms with van der Waals surface area (Å²) in [5.74, 6) is -1.14. The van der Waals surface area contributed by atoms with Crippen molar-refractivity contribution < 1.29 is 13.9 Å². The summed E-state index contributed by atoms with van der Waals surface area (Å²) in [6, 6.07) is 0. The van der Waals surface area contributed by atoms with E-state index >= 15 is 0 Å². The monoisotopic (exact) mass is 356 g/mol. The second-order valence-electron chi connectivity index (χ2n) is 3.70. The molecular weight excluding hydrogens is 349 g/mol.